The fourth-order valence-electron chi connectivity index (χ4n) is 2.00. The molecule has 1 N–H and O–H groups in total. The summed E-state index contributed by atoms with van der Waals surface area (Å²) in [5.41, 5.74) is 0.941. The van der Waals surface area contributed by atoms with Crippen molar-refractivity contribution in [3.05, 3.63) is 11.8 Å². The lowest BCUT2D eigenvalue weighted by Gasteiger charge is -2.08. The van der Waals surface area contributed by atoms with Gasteiger partial charge in [0.05, 0.1) is 6.61 Å². The molecule has 0 spiro atoms. The van der Waals surface area contributed by atoms with Crippen molar-refractivity contribution < 1.29 is 4.74 Å². The summed E-state index contributed by atoms with van der Waals surface area (Å²) in [6.45, 7) is 7.94. The highest BCUT2D eigenvalue weighted by atomic mass is 16.5. The normalized spacial score (nSPS) is 10.6. The minimum atomic E-state index is 0.671. The van der Waals surface area contributed by atoms with Crippen LogP contribution in [0, 0.1) is 6.92 Å². The van der Waals surface area contributed by atoms with E-state index >= 15 is 0 Å². The predicted molar refractivity (Wildman–Crippen MR) is 84.4 cm³/mol. The number of nitrogens with zero attached hydrogens (tertiary/aromatic N) is 2. The third-order valence-corrected chi connectivity index (χ3v) is 3.10. The van der Waals surface area contributed by atoms with Crippen molar-refractivity contribution in [2.24, 2.45) is 0 Å². The predicted octanol–water partition coefficient (Wildman–Crippen LogP) is 4.35. The van der Waals surface area contributed by atoms with E-state index in [-0.39, 0.29) is 0 Å². The summed E-state index contributed by atoms with van der Waals surface area (Å²) in [5, 5.41) is 3.29. The molecule has 0 aliphatic rings. The summed E-state index contributed by atoms with van der Waals surface area (Å²) in [6.07, 6.45) is 8.78. The summed E-state index contributed by atoms with van der Waals surface area (Å²) < 4.78 is 5.56. The van der Waals surface area contributed by atoms with E-state index in [0.717, 1.165) is 18.7 Å². The van der Waals surface area contributed by atoms with E-state index in [2.05, 4.69) is 29.1 Å². The van der Waals surface area contributed by atoms with Gasteiger partial charge in [-0.15, -0.1) is 0 Å². The molecule has 20 heavy (non-hydrogen) atoms. The molecule has 0 unspecified atom stereocenters. The van der Waals surface area contributed by atoms with Crippen LogP contribution in [0.15, 0.2) is 6.07 Å². The van der Waals surface area contributed by atoms with Crippen LogP contribution in [0.25, 0.3) is 0 Å². The molecule has 0 atom stereocenters. The van der Waals surface area contributed by atoms with Crippen molar-refractivity contribution in [2.75, 3.05) is 18.5 Å². The molecule has 1 rings (SSSR count). The number of rotatable bonds is 11. The standard InChI is InChI=1S/C16H29N3O/c1-4-6-7-8-9-10-11-17-16-18-14(3)13-15(19-16)20-12-5-2/h13H,4-12H2,1-3H3,(H,17,18,19). The summed E-state index contributed by atoms with van der Waals surface area (Å²) in [4.78, 5) is 8.76. The Morgan fingerprint density at radius 3 is 2.50 bits per heavy atom. The molecule has 0 aliphatic carbocycles. The monoisotopic (exact) mass is 279 g/mol. The maximum absolute atomic E-state index is 5.56. The molecule has 4 heteroatoms. The number of unbranched alkanes of at least 4 members (excludes halogenated alkanes) is 5. The van der Waals surface area contributed by atoms with Crippen LogP contribution in [0.3, 0.4) is 0 Å². The number of nitrogens with one attached hydrogen (secondary N) is 1. The SMILES string of the molecule is CCCCCCCCNc1nc(C)cc(OCCC)n1. The molecule has 0 radical (unpaired) electrons. The second-order valence-electron chi connectivity index (χ2n) is 5.21. The largest absolute Gasteiger partial charge is 0.478 e. The van der Waals surface area contributed by atoms with E-state index in [1.54, 1.807) is 0 Å². The minimum Gasteiger partial charge on any atom is -0.478 e. The van der Waals surface area contributed by atoms with E-state index < -0.39 is 0 Å². The van der Waals surface area contributed by atoms with Gasteiger partial charge in [0.1, 0.15) is 0 Å². The van der Waals surface area contributed by atoms with Gasteiger partial charge in [-0.25, -0.2) is 4.98 Å². The Hall–Kier alpha value is -1.32. The molecule has 1 aromatic rings. The van der Waals surface area contributed by atoms with Crippen molar-refractivity contribution in [1.29, 1.82) is 0 Å². The second-order valence-corrected chi connectivity index (χ2v) is 5.21. The Labute approximate surface area is 123 Å². The average Bonchev–Trinajstić information content (AvgIpc) is 2.43. The Bertz CT molecular complexity index is 369. The molecule has 0 amide bonds. The van der Waals surface area contributed by atoms with Crippen molar-refractivity contribution in [3.63, 3.8) is 0 Å². The van der Waals surface area contributed by atoms with Crippen LogP contribution < -0.4 is 10.1 Å². The second kappa shape index (κ2) is 10.5. The molecule has 0 aliphatic heterocycles. The first-order chi connectivity index (χ1) is 9.76. The Kier molecular flexibility index (Phi) is 8.76. The van der Waals surface area contributed by atoms with Gasteiger partial charge in [-0.05, 0) is 19.8 Å². The molecular formula is C16H29N3O. The molecule has 114 valence electrons. The van der Waals surface area contributed by atoms with Crippen LogP contribution >= 0.6 is 0 Å². The lowest BCUT2D eigenvalue weighted by atomic mass is 10.1. The summed E-state index contributed by atoms with van der Waals surface area (Å²) in [7, 11) is 0. The Morgan fingerprint density at radius 2 is 1.75 bits per heavy atom. The van der Waals surface area contributed by atoms with Gasteiger partial charge >= 0.3 is 0 Å². The summed E-state index contributed by atoms with van der Waals surface area (Å²) in [6, 6.07) is 1.88. The van der Waals surface area contributed by atoms with Crippen LogP contribution in [0.1, 0.15) is 64.5 Å². The Morgan fingerprint density at radius 1 is 1.00 bits per heavy atom. The van der Waals surface area contributed by atoms with E-state index in [9.17, 15) is 0 Å². The van der Waals surface area contributed by atoms with Gasteiger partial charge in [-0.1, -0.05) is 46.0 Å². The van der Waals surface area contributed by atoms with Gasteiger partial charge in [0, 0.05) is 18.3 Å². The number of anilines is 1. The fraction of sp³-hybridized carbons (Fsp3) is 0.750. The lowest BCUT2D eigenvalue weighted by molar-refractivity contribution is 0.305. The number of aryl methyl sites for hydroxylation is 1. The maximum atomic E-state index is 5.56. The van der Waals surface area contributed by atoms with E-state index in [4.69, 9.17) is 4.74 Å². The third-order valence-electron chi connectivity index (χ3n) is 3.10. The lowest BCUT2D eigenvalue weighted by Crippen LogP contribution is -2.08. The first-order valence-corrected chi connectivity index (χ1v) is 7.98. The van der Waals surface area contributed by atoms with Gasteiger partial charge in [0.15, 0.2) is 0 Å². The molecular weight excluding hydrogens is 250 g/mol. The molecule has 1 aromatic heterocycles. The van der Waals surface area contributed by atoms with E-state index in [1.807, 2.05) is 13.0 Å². The number of hydrogen-bond donors (Lipinski definition) is 1. The zero-order valence-electron chi connectivity index (χ0n) is 13.2. The molecule has 0 saturated carbocycles. The number of hydrogen-bond acceptors (Lipinski definition) is 4. The van der Waals surface area contributed by atoms with Gasteiger partial charge < -0.3 is 10.1 Å². The van der Waals surface area contributed by atoms with Crippen LogP contribution in [0.4, 0.5) is 5.95 Å². The highest BCUT2D eigenvalue weighted by molar-refractivity contribution is 5.30. The number of aromatic nitrogens is 2. The highest BCUT2D eigenvalue weighted by Gasteiger charge is 2.02. The quantitative estimate of drug-likeness (QED) is 0.612. The zero-order valence-corrected chi connectivity index (χ0v) is 13.2. The summed E-state index contributed by atoms with van der Waals surface area (Å²) in [5.74, 6) is 1.36. The zero-order chi connectivity index (χ0) is 14.6. The molecule has 0 saturated heterocycles. The highest BCUT2D eigenvalue weighted by Crippen LogP contribution is 2.12. The smallest absolute Gasteiger partial charge is 0.226 e. The van der Waals surface area contributed by atoms with Crippen molar-refractivity contribution in [3.8, 4) is 5.88 Å². The van der Waals surface area contributed by atoms with Gasteiger partial charge in [-0.2, -0.15) is 4.98 Å². The van der Waals surface area contributed by atoms with Gasteiger partial charge in [-0.3, -0.25) is 0 Å². The van der Waals surface area contributed by atoms with Crippen molar-refractivity contribution in [1.82, 2.24) is 9.97 Å². The van der Waals surface area contributed by atoms with Crippen molar-refractivity contribution >= 4 is 5.95 Å². The number of ether oxygens (including phenoxy) is 1. The maximum Gasteiger partial charge on any atom is 0.226 e. The van der Waals surface area contributed by atoms with Crippen LogP contribution in [-0.4, -0.2) is 23.1 Å². The van der Waals surface area contributed by atoms with Crippen LogP contribution in [0.2, 0.25) is 0 Å². The fourth-order valence-corrected chi connectivity index (χ4v) is 2.00. The summed E-state index contributed by atoms with van der Waals surface area (Å²) >= 11 is 0. The Balaban J connectivity index is 2.26. The molecule has 0 fully saturated rings. The topological polar surface area (TPSA) is 47.0 Å². The molecule has 4 nitrogen and oxygen atoms in total. The van der Waals surface area contributed by atoms with E-state index in [1.165, 1.54) is 38.5 Å². The van der Waals surface area contributed by atoms with Crippen LogP contribution in [0.5, 0.6) is 5.88 Å². The average molecular weight is 279 g/mol. The minimum absolute atomic E-state index is 0.671. The van der Waals surface area contributed by atoms with Gasteiger partial charge in [0.25, 0.3) is 0 Å². The molecule has 0 bridgehead atoms. The van der Waals surface area contributed by atoms with Crippen LogP contribution in [-0.2, 0) is 0 Å². The van der Waals surface area contributed by atoms with Crippen molar-refractivity contribution in [2.45, 2.75) is 65.7 Å². The third kappa shape index (κ3) is 7.31. The first kappa shape index (κ1) is 16.7. The van der Waals surface area contributed by atoms with E-state index in [0.29, 0.717) is 18.4 Å². The molecule has 1 heterocycles. The first-order valence-electron chi connectivity index (χ1n) is 7.98. The van der Waals surface area contributed by atoms with Gasteiger partial charge in [0.2, 0.25) is 11.8 Å². The molecule has 0 aromatic carbocycles.